The second-order valence-electron chi connectivity index (χ2n) is 6.68. The van der Waals surface area contributed by atoms with Gasteiger partial charge in [0.05, 0.1) is 11.4 Å². The Morgan fingerprint density at radius 2 is 2.00 bits per heavy atom. The summed E-state index contributed by atoms with van der Waals surface area (Å²) in [6.07, 6.45) is 6.82. The molecule has 3 heterocycles. The van der Waals surface area contributed by atoms with Crippen LogP contribution in [0, 0.1) is 13.8 Å². The van der Waals surface area contributed by atoms with Crippen molar-refractivity contribution in [3.05, 3.63) is 57.9 Å². The summed E-state index contributed by atoms with van der Waals surface area (Å²) >= 11 is 1.68. The molecule has 0 aliphatic heterocycles. The van der Waals surface area contributed by atoms with Gasteiger partial charge in [-0.05, 0) is 38.8 Å². The molecule has 5 nitrogen and oxygen atoms in total. The Labute approximate surface area is 151 Å². The van der Waals surface area contributed by atoms with Crippen LogP contribution in [0.25, 0.3) is 5.65 Å². The third-order valence-corrected chi connectivity index (χ3v) is 6.00. The maximum absolute atomic E-state index is 12.2. The molecular formula is C19H22N4OS. The number of aryl methyl sites for hydroxylation is 1. The summed E-state index contributed by atoms with van der Waals surface area (Å²) in [6, 6.07) is 7.80. The van der Waals surface area contributed by atoms with Crippen LogP contribution in [-0.2, 0) is 5.75 Å². The van der Waals surface area contributed by atoms with Gasteiger partial charge in [-0.25, -0.2) is 9.97 Å². The third kappa shape index (κ3) is 3.11. The predicted molar refractivity (Wildman–Crippen MR) is 100 cm³/mol. The first-order valence-electron chi connectivity index (χ1n) is 8.79. The van der Waals surface area contributed by atoms with E-state index < -0.39 is 0 Å². The molecule has 0 aromatic carbocycles. The lowest BCUT2D eigenvalue weighted by Crippen LogP contribution is -2.15. The Balaban J connectivity index is 1.61. The van der Waals surface area contributed by atoms with E-state index in [4.69, 9.17) is 4.98 Å². The molecule has 1 fully saturated rings. The van der Waals surface area contributed by atoms with Crippen LogP contribution < -0.4 is 5.56 Å². The van der Waals surface area contributed by atoms with E-state index in [9.17, 15) is 4.79 Å². The quantitative estimate of drug-likeness (QED) is 0.667. The van der Waals surface area contributed by atoms with Gasteiger partial charge < -0.3 is 4.57 Å². The van der Waals surface area contributed by atoms with E-state index in [0.29, 0.717) is 17.4 Å². The van der Waals surface area contributed by atoms with Crippen LogP contribution in [0.4, 0.5) is 0 Å². The van der Waals surface area contributed by atoms with E-state index in [0.717, 1.165) is 16.5 Å². The van der Waals surface area contributed by atoms with Gasteiger partial charge in [0.15, 0.2) is 5.16 Å². The summed E-state index contributed by atoms with van der Waals surface area (Å²) < 4.78 is 3.98. The number of hydrogen-bond acceptors (Lipinski definition) is 4. The Morgan fingerprint density at radius 3 is 2.80 bits per heavy atom. The van der Waals surface area contributed by atoms with Gasteiger partial charge >= 0.3 is 0 Å². The molecule has 25 heavy (non-hydrogen) atoms. The minimum atomic E-state index is -0.0345. The lowest BCUT2D eigenvalue weighted by Gasteiger charge is -2.16. The lowest BCUT2D eigenvalue weighted by molar-refractivity contribution is 0.471. The van der Waals surface area contributed by atoms with Gasteiger partial charge in [-0.15, -0.1) is 0 Å². The molecule has 1 aliphatic rings. The molecule has 0 saturated heterocycles. The van der Waals surface area contributed by atoms with Crippen LogP contribution in [0.5, 0.6) is 0 Å². The van der Waals surface area contributed by atoms with Crippen LogP contribution in [0.15, 0.2) is 40.4 Å². The van der Waals surface area contributed by atoms with Gasteiger partial charge in [-0.2, -0.15) is 0 Å². The molecule has 0 bridgehead atoms. The SMILES string of the molecule is Cc1nc(SCc2cc(=O)n3ccccc3n2)n(C2CCCC2)c1C. The molecular weight excluding hydrogens is 332 g/mol. The fourth-order valence-electron chi connectivity index (χ4n) is 3.61. The van der Waals surface area contributed by atoms with Crippen LogP contribution in [0.2, 0.25) is 0 Å². The average Bonchev–Trinajstić information content (AvgIpc) is 3.22. The topological polar surface area (TPSA) is 52.2 Å². The van der Waals surface area contributed by atoms with Crippen molar-refractivity contribution >= 4 is 17.4 Å². The summed E-state index contributed by atoms with van der Waals surface area (Å²) in [5.41, 5.74) is 3.82. The van der Waals surface area contributed by atoms with Crippen LogP contribution in [-0.4, -0.2) is 18.9 Å². The molecule has 3 aromatic heterocycles. The molecule has 0 spiro atoms. The summed E-state index contributed by atoms with van der Waals surface area (Å²) in [5.74, 6) is 0.656. The molecule has 1 saturated carbocycles. The molecule has 0 unspecified atom stereocenters. The Hall–Kier alpha value is -2.08. The van der Waals surface area contributed by atoms with Crippen LogP contribution in [0.1, 0.15) is 48.8 Å². The summed E-state index contributed by atoms with van der Waals surface area (Å²) in [6.45, 7) is 4.23. The molecule has 0 radical (unpaired) electrons. The molecule has 0 atom stereocenters. The molecule has 1 aliphatic carbocycles. The van der Waals surface area contributed by atoms with Crippen molar-refractivity contribution in [3.63, 3.8) is 0 Å². The van der Waals surface area contributed by atoms with E-state index >= 15 is 0 Å². The van der Waals surface area contributed by atoms with Gasteiger partial charge in [0.2, 0.25) is 0 Å². The van der Waals surface area contributed by atoms with Crippen molar-refractivity contribution in [2.24, 2.45) is 0 Å². The Bertz CT molecular complexity index is 969. The normalized spacial score (nSPS) is 15.3. The van der Waals surface area contributed by atoms with E-state index in [-0.39, 0.29) is 5.56 Å². The van der Waals surface area contributed by atoms with Crippen LogP contribution in [0.3, 0.4) is 0 Å². The first-order valence-corrected chi connectivity index (χ1v) is 9.77. The molecule has 6 heteroatoms. The second kappa shape index (κ2) is 6.67. The first-order chi connectivity index (χ1) is 12.1. The number of thioether (sulfide) groups is 1. The van der Waals surface area contributed by atoms with E-state index in [1.807, 2.05) is 18.2 Å². The number of rotatable bonds is 4. The minimum Gasteiger partial charge on any atom is -0.320 e. The van der Waals surface area contributed by atoms with Gasteiger partial charge in [0.1, 0.15) is 5.65 Å². The van der Waals surface area contributed by atoms with E-state index in [1.165, 1.54) is 31.4 Å². The highest BCUT2D eigenvalue weighted by Gasteiger charge is 2.23. The highest BCUT2D eigenvalue weighted by molar-refractivity contribution is 7.98. The number of pyridine rings is 1. The Kier molecular flexibility index (Phi) is 4.37. The fraction of sp³-hybridized carbons (Fsp3) is 0.421. The molecule has 4 rings (SSSR count). The average molecular weight is 354 g/mol. The number of hydrogen-bond donors (Lipinski definition) is 0. The zero-order chi connectivity index (χ0) is 17.4. The number of nitrogens with zero attached hydrogens (tertiary/aromatic N) is 4. The van der Waals surface area contributed by atoms with E-state index in [2.05, 4.69) is 23.4 Å². The monoisotopic (exact) mass is 354 g/mol. The van der Waals surface area contributed by atoms with E-state index in [1.54, 1.807) is 28.4 Å². The summed E-state index contributed by atoms with van der Waals surface area (Å²) in [5, 5.41) is 1.05. The van der Waals surface area contributed by atoms with Crippen molar-refractivity contribution in [2.45, 2.75) is 56.5 Å². The Morgan fingerprint density at radius 1 is 1.20 bits per heavy atom. The number of fused-ring (bicyclic) bond motifs is 1. The lowest BCUT2D eigenvalue weighted by atomic mass is 10.2. The smallest absolute Gasteiger partial charge is 0.258 e. The zero-order valence-electron chi connectivity index (χ0n) is 14.6. The maximum Gasteiger partial charge on any atom is 0.258 e. The van der Waals surface area contributed by atoms with Crippen molar-refractivity contribution in [1.29, 1.82) is 0 Å². The molecule has 0 N–H and O–H groups in total. The predicted octanol–water partition coefficient (Wildman–Crippen LogP) is 3.92. The highest BCUT2D eigenvalue weighted by Crippen LogP contribution is 2.35. The summed E-state index contributed by atoms with van der Waals surface area (Å²) in [4.78, 5) is 21.6. The molecule has 3 aromatic rings. The minimum absolute atomic E-state index is 0.0345. The van der Waals surface area contributed by atoms with Crippen LogP contribution >= 0.6 is 11.8 Å². The molecule has 130 valence electrons. The zero-order valence-corrected chi connectivity index (χ0v) is 15.4. The maximum atomic E-state index is 12.2. The van der Waals surface area contributed by atoms with Gasteiger partial charge in [0.25, 0.3) is 5.56 Å². The number of imidazole rings is 1. The van der Waals surface area contributed by atoms with Gasteiger partial charge in [-0.1, -0.05) is 30.7 Å². The third-order valence-electron chi connectivity index (χ3n) is 5.02. The van der Waals surface area contributed by atoms with Crippen molar-refractivity contribution in [3.8, 4) is 0 Å². The molecule has 0 amide bonds. The van der Waals surface area contributed by atoms with Crippen molar-refractivity contribution in [1.82, 2.24) is 18.9 Å². The standard InChI is InChI=1S/C19H22N4OS/c1-13-14(2)23(16-7-3-4-8-16)19(20-13)25-12-15-11-18(24)22-10-6-5-9-17(22)21-15/h5-6,9-11,16H,3-4,7-8,12H2,1-2H3. The van der Waals surface area contributed by atoms with Gasteiger partial charge in [0, 0.05) is 29.8 Å². The fourth-order valence-corrected chi connectivity index (χ4v) is 4.66. The summed E-state index contributed by atoms with van der Waals surface area (Å²) in [7, 11) is 0. The highest BCUT2D eigenvalue weighted by atomic mass is 32.2. The van der Waals surface area contributed by atoms with Crippen molar-refractivity contribution in [2.75, 3.05) is 0 Å². The van der Waals surface area contributed by atoms with Crippen molar-refractivity contribution < 1.29 is 0 Å². The first kappa shape index (κ1) is 16.4. The number of aromatic nitrogens is 4. The van der Waals surface area contributed by atoms with Gasteiger partial charge in [-0.3, -0.25) is 9.20 Å². The second-order valence-corrected chi connectivity index (χ2v) is 7.62. The largest absolute Gasteiger partial charge is 0.320 e.